The first-order valence-corrected chi connectivity index (χ1v) is 3.81. The highest BCUT2D eigenvalue weighted by Crippen LogP contribution is 2.00. The second-order valence-corrected chi connectivity index (χ2v) is 2.16. The Morgan fingerprint density at radius 3 is 2.36 bits per heavy atom. The van der Waals surface area contributed by atoms with Crippen LogP contribution < -0.4 is 5.32 Å². The Hall–Kier alpha value is -0.220. The van der Waals surface area contributed by atoms with E-state index in [0.29, 0.717) is 13.2 Å². The lowest BCUT2D eigenvalue weighted by molar-refractivity contribution is 0.0359. The van der Waals surface area contributed by atoms with Crippen molar-refractivity contribution in [3.8, 4) is 0 Å². The van der Waals surface area contributed by atoms with Crippen molar-refractivity contribution in [2.75, 3.05) is 19.8 Å². The first-order valence-electron chi connectivity index (χ1n) is 3.81. The first-order chi connectivity index (χ1) is 5.22. The fourth-order valence-corrected chi connectivity index (χ4v) is 0.728. The minimum atomic E-state index is -2.35. The van der Waals surface area contributed by atoms with Crippen molar-refractivity contribution in [2.24, 2.45) is 0 Å². The maximum absolute atomic E-state index is 12.1. The summed E-state index contributed by atoms with van der Waals surface area (Å²) in [7, 11) is 0. The lowest BCUT2D eigenvalue weighted by Crippen LogP contribution is -2.39. The van der Waals surface area contributed by atoms with Gasteiger partial charge in [-0.3, -0.25) is 0 Å². The van der Waals surface area contributed by atoms with Crippen LogP contribution in [0.5, 0.6) is 0 Å². The van der Waals surface area contributed by atoms with E-state index in [-0.39, 0.29) is 6.61 Å². The van der Waals surface area contributed by atoms with Crippen molar-refractivity contribution in [1.29, 1.82) is 0 Å². The fourth-order valence-electron chi connectivity index (χ4n) is 0.728. The lowest BCUT2D eigenvalue weighted by atomic mass is 10.3. The number of ether oxygens (including phenoxy) is 1. The second-order valence-electron chi connectivity index (χ2n) is 2.16. The second kappa shape index (κ2) is 6.49. The van der Waals surface area contributed by atoms with Gasteiger partial charge in [-0.1, -0.05) is 6.92 Å². The molecule has 0 aromatic rings. The van der Waals surface area contributed by atoms with Gasteiger partial charge in [-0.05, 0) is 13.5 Å². The predicted molar refractivity (Wildman–Crippen MR) is 40.0 cm³/mol. The summed E-state index contributed by atoms with van der Waals surface area (Å²) in [5, 5.41) is 2.64. The molecule has 0 rings (SSSR count). The number of rotatable bonds is 6. The maximum Gasteiger partial charge on any atom is 0.255 e. The Morgan fingerprint density at radius 2 is 2.00 bits per heavy atom. The van der Waals surface area contributed by atoms with Gasteiger partial charge in [0.15, 0.2) is 0 Å². The third kappa shape index (κ3) is 5.09. The van der Waals surface area contributed by atoms with Gasteiger partial charge < -0.3 is 10.1 Å². The Kier molecular flexibility index (Phi) is 6.36. The Bertz CT molecular complexity index is 90.5. The summed E-state index contributed by atoms with van der Waals surface area (Å²) in [5.74, 6) is 0. The van der Waals surface area contributed by atoms with Crippen LogP contribution >= 0.6 is 0 Å². The van der Waals surface area contributed by atoms with Gasteiger partial charge in [0.05, 0.1) is 12.6 Å². The van der Waals surface area contributed by atoms with Gasteiger partial charge in [0.25, 0.3) is 6.43 Å². The average Bonchev–Trinajstić information content (AvgIpc) is 1.97. The van der Waals surface area contributed by atoms with E-state index < -0.39 is 12.5 Å². The molecule has 0 amide bonds. The van der Waals surface area contributed by atoms with E-state index in [1.54, 1.807) is 13.8 Å². The van der Waals surface area contributed by atoms with Crippen LogP contribution in [0.2, 0.25) is 0 Å². The average molecular weight is 167 g/mol. The molecule has 68 valence electrons. The maximum atomic E-state index is 12.1. The van der Waals surface area contributed by atoms with Crippen LogP contribution in [-0.2, 0) is 4.74 Å². The zero-order chi connectivity index (χ0) is 8.69. The highest BCUT2D eigenvalue weighted by atomic mass is 19.3. The number of hydrogen-bond acceptors (Lipinski definition) is 2. The minimum Gasteiger partial charge on any atom is -0.380 e. The van der Waals surface area contributed by atoms with Crippen molar-refractivity contribution >= 4 is 0 Å². The molecule has 0 spiro atoms. The highest BCUT2D eigenvalue weighted by molar-refractivity contribution is 4.66. The van der Waals surface area contributed by atoms with Gasteiger partial charge in [0.2, 0.25) is 0 Å². The molecular formula is C7H15F2NO. The quantitative estimate of drug-likeness (QED) is 0.643. The summed E-state index contributed by atoms with van der Waals surface area (Å²) in [4.78, 5) is 0. The van der Waals surface area contributed by atoms with E-state index >= 15 is 0 Å². The lowest BCUT2D eigenvalue weighted by Gasteiger charge is -2.15. The number of alkyl halides is 2. The summed E-state index contributed by atoms with van der Waals surface area (Å²) < 4.78 is 29.0. The molecule has 0 aromatic heterocycles. The molecule has 0 aromatic carbocycles. The normalized spacial score (nSPS) is 13.9. The molecule has 1 unspecified atom stereocenters. The Balaban J connectivity index is 3.51. The molecule has 0 saturated carbocycles. The summed E-state index contributed by atoms with van der Waals surface area (Å²) in [6.07, 6.45) is -2.35. The van der Waals surface area contributed by atoms with E-state index in [0.717, 1.165) is 0 Å². The third-order valence-corrected chi connectivity index (χ3v) is 1.27. The largest absolute Gasteiger partial charge is 0.380 e. The highest BCUT2D eigenvalue weighted by Gasteiger charge is 2.18. The van der Waals surface area contributed by atoms with Gasteiger partial charge in [-0.15, -0.1) is 0 Å². The number of nitrogens with one attached hydrogen (secondary N) is 1. The summed E-state index contributed by atoms with van der Waals surface area (Å²) in [5.41, 5.74) is 0. The van der Waals surface area contributed by atoms with Crippen LogP contribution in [0, 0.1) is 0 Å². The van der Waals surface area contributed by atoms with E-state index in [4.69, 9.17) is 4.74 Å². The molecule has 4 heteroatoms. The molecule has 0 radical (unpaired) electrons. The molecule has 0 heterocycles. The van der Waals surface area contributed by atoms with Crippen LogP contribution in [0.1, 0.15) is 13.8 Å². The zero-order valence-electron chi connectivity index (χ0n) is 6.94. The predicted octanol–water partition coefficient (Wildman–Crippen LogP) is 1.27. The SMILES string of the molecule is CCNC(COCC)C(F)F. The Labute approximate surface area is 65.9 Å². The van der Waals surface area contributed by atoms with Gasteiger partial charge in [0.1, 0.15) is 0 Å². The minimum absolute atomic E-state index is 0.0853. The number of hydrogen-bond donors (Lipinski definition) is 1. The van der Waals surface area contributed by atoms with Crippen LogP contribution in [-0.4, -0.2) is 32.2 Å². The van der Waals surface area contributed by atoms with Gasteiger partial charge in [-0.2, -0.15) is 0 Å². The Morgan fingerprint density at radius 1 is 1.36 bits per heavy atom. The molecule has 0 aliphatic carbocycles. The summed E-state index contributed by atoms with van der Waals surface area (Å²) in [6.45, 7) is 4.69. The van der Waals surface area contributed by atoms with Gasteiger partial charge in [-0.25, -0.2) is 8.78 Å². The third-order valence-electron chi connectivity index (χ3n) is 1.27. The number of likely N-dealkylation sites (N-methyl/N-ethyl adjacent to an activating group) is 1. The molecule has 11 heavy (non-hydrogen) atoms. The molecule has 2 nitrogen and oxygen atoms in total. The van der Waals surface area contributed by atoms with Gasteiger partial charge in [0, 0.05) is 6.61 Å². The topological polar surface area (TPSA) is 21.3 Å². The van der Waals surface area contributed by atoms with Crippen LogP contribution in [0.4, 0.5) is 8.78 Å². The zero-order valence-corrected chi connectivity index (χ0v) is 6.94. The molecule has 0 saturated heterocycles. The van der Waals surface area contributed by atoms with Crippen LogP contribution in [0.25, 0.3) is 0 Å². The smallest absolute Gasteiger partial charge is 0.255 e. The molecule has 1 N–H and O–H groups in total. The van der Waals surface area contributed by atoms with Crippen LogP contribution in [0.15, 0.2) is 0 Å². The monoisotopic (exact) mass is 167 g/mol. The summed E-state index contributed by atoms with van der Waals surface area (Å²) in [6, 6.07) is -0.819. The molecule has 0 aliphatic rings. The van der Waals surface area contributed by atoms with E-state index in [1.165, 1.54) is 0 Å². The molecular weight excluding hydrogens is 152 g/mol. The summed E-state index contributed by atoms with van der Waals surface area (Å²) >= 11 is 0. The van der Waals surface area contributed by atoms with E-state index in [2.05, 4.69) is 5.32 Å². The van der Waals surface area contributed by atoms with E-state index in [9.17, 15) is 8.78 Å². The van der Waals surface area contributed by atoms with Crippen LogP contribution in [0.3, 0.4) is 0 Å². The molecule has 1 atom stereocenters. The van der Waals surface area contributed by atoms with Crippen molar-refractivity contribution in [3.05, 3.63) is 0 Å². The molecule has 0 bridgehead atoms. The fraction of sp³-hybridized carbons (Fsp3) is 1.00. The van der Waals surface area contributed by atoms with Crippen molar-refractivity contribution in [3.63, 3.8) is 0 Å². The standard InChI is InChI=1S/C7H15F2NO/c1-3-10-6(7(8)9)5-11-4-2/h6-7,10H,3-5H2,1-2H3. The van der Waals surface area contributed by atoms with Gasteiger partial charge >= 0.3 is 0 Å². The molecule has 0 fully saturated rings. The molecule has 0 aliphatic heterocycles. The van der Waals surface area contributed by atoms with Crippen molar-refractivity contribution in [1.82, 2.24) is 5.32 Å². The van der Waals surface area contributed by atoms with Crippen molar-refractivity contribution in [2.45, 2.75) is 26.3 Å². The number of halogens is 2. The van der Waals surface area contributed by atoms with Crippen molar-refractivity contribution < 1.29 is 13.5 Å². The van der Waals surface area contributed by atoms with E-state index in [1.807, 2.05) is 0 Å². The first kappa shape index (κ1) is 10.8.